The Hall–Kier alpha value is -3.44. The van der Waals surface area contributed by atoms with Crippen molar-refractivity contribution in [3.63, 3.8) is 0 Å². The fourth-order valence-electron chi connectivity index (χ4n) is 4.62. The first kappa shape index (κ1) is 36.6. The van der Waals surface area contributed by atoms with Gasteiger partial charge in [-0.15, -0.1) is 6.58 Å². The van der Waals surface area contributed by atoms with Gasteiger partial charge in [-0.05, 0) is 36.5 Å². The average Bonchev–Trinajstić information content (AvgIpc) is 3.35. The van der Waals surface area contributed by atoms with Crippen LogP contribution in [0, 0.1) is 17.3 Å². The number of carbonyl (C=O) groups is 6. The van der Waals surface area contributed by atoms with Crippen LogP contribution >= 0.6 is 0 Å². The fourth-order valence-corrected chi connectivity index (χ4v) is 4.62. The van der Waals surface area contributed by atoms with Crippen LogP contribution in [0.4, 0.5) is 4.79 Å². The molecule has 6 amide bonds. The van der Waals surface area contributed by atoms with Crippen molar-refractivity contribution in [1.29, 1.82) is 0 Å². The van der Waals surface area contributed by atoms with Gasteiger partial charge in [0, 0.05) is 20.1 Å². The molecule has 1 saturated carbocycles. The molecular weight excluding hydrogens is 540 g/mol. The quantitative estimate of drug-likeness (QED) is 0.199. The van der Waals surface area contributed by atoms with Crippen LogP contribution in [0.5, 0.6) is 0 Å². The molecule has 2 fully saturated rings. The Labute approximate surface area is 250 Å². The molecule has 1 aliphatic carbocycles. The molecule has 1 saturated heterocycles. The molecule has 12 heteroatoms. The lowest BCUT2D eigenvalue weighted by atomic mass is 9.80. The van der Waals surface area contributed by atoms with Crippen LogP contribution in [0.25, 0.3) is 0 Å². The summed E-state index contributed by atoms with van der Waals surface area (Å²) in [5, 5.41) is 7.79. The topological polar surface area (TPSA) is 171 Å². The summed E-state index contributed by atoms with van der Waals surface area (Å²) < 4.78 is 0. The molecule has 0 aromatic carbocycles. The number of nitrogens with two attached hydrogens (primary N) is 1. The zero-order chi connectivity index (χ0) is 32.2. The van der Waals surface area contributed by atoms with E-state index < -0.39 is 53.1 Å². The highest BCUT2D eigenvalue weighted by molar-refractivity contribution is 6.37. The first-order chi connectivity index (χ1) is 19.5. The normalized spacial score (nSPS) is 18.0. The number of carbonyl (C=O) groups excluding carboxylic acids is 6. The van der Waals surface area contributed by atoms with E-state index in [1.54, 1.807) is 33.9 Å². The van der Waals surface area contributed by atoms with Crippen LogP contribution in [-0.2, 0) is 24.0 Å². The molecule has 2 aliphatic rings. The molecular formula is C30H52N6O6. The van der Waals surface area contributed by atoms with Crippen molar-refractivity contribution in [3.8, 4) is 0 Å². The van der Waals surface area contributed by atoms with E-state index in [0.717, 1.165) is 25.2 Å². The number of likely N-dealkylation sites (tertiary alicyclic amines) is 1. The third-order valence-corrected chi connectivity index (χ3v) is 7.13. The van der Waals surface area contributed by atoms with E-state index in [9.17, 15) is 28.8 Å². The lowest BCUT2D eigenvalue weighted by molar-refractivity contribution is -0.143. The summed E-state index contributed by atoms with van der Waals surface area (Å²) in [6.45, 7) is 15.8. The van der Waals surface area contributed by atoms with Gasteiger partial charge in [0.2, 0.25) is 23.5 Å². The van der Waals surface area contributed by atoms with Crippen molar-refractivity contribution in [2.24, 2.45) is 23.0 Å². The number of ketones is 1. The van der Waals surface area contributed by atoms with Gasteiger partial charge in [-0.3, -0.25) is 24.0 Å². The monoisotopic (exact) mass is 592 g/mol. The van der Waals surface area contributed by atoms with E-state index in [1.807, 2.05) is 0 Å². The molecule has 0 aromatic heterocycles. The van der Waals surface area contributed by atoms with Gasteiger partial charge in [0.05, 0.1) is 12.6 Å². The predicted octanol–water partition coefficient (Wildman–Crippen LogP) is 1.73. The molecule has 12 nitrogen and oxygen atoms in total. The first-order valence-electron chi connectivity index (χ1n) is 14.8. The van der Waals surface area contributed by atoms with Gasteiger partial charge in [0.25, 0.3) is 5.91 Å². The second-order valence-corrected chi connectivity index (χ2v) is 12.9. The number of nitrogens with one attached hydrogen (secondary N) is 3. The Bertz CT molecular complexity index is 985. The second kappa shape index (κ2) is 16.9. The van der Waals surface area contributed by atoms with Gasteiger partial charge < -0.3 is 31.5 Å². The predicted molar refractivity (Wildman–Crippen MR) is 161 cm³/mol. The zero-order valence-electron chi connectivity index (χ0n) is 26.5. The Morgan fingerprint density at radius 2 is 1.62 bits per heavy atom. The van der Waals surface area contributed by atoms with E-state index in [-0.39, 0.29) is 18.4 Å². The average molecular weight is 593 g/mol. The van der Waals surface area contributed by atoms with Gasteiger partial charge in [0.1, 0.15) is 12.1 Å². The molecule has 0 radical (unpaired) electrons. The van der Waals surface area contributed by atoms with Crippen LogP contribution < -0.4 is 21.7 Å². The number of hydrogen-bond acceptors (Lipinski definition) is 6. The van der Waals surface area contributed by atoms with Crippen molar-refractivity contribution in [2.45, 2.75) is 98.2 Å². The molecule has 42 heavy (non-hydrogen) atoms. The zero-order valence-corrected chi connectivity index (χ0v) is 26.5. The molecule has 0 spiro atoms. The molecule has 1 unspecified atom stereocenters. The van der Waals surface area contributed by atoms with Gasteiger partial charge in [-0.1, -0.05) is 66.9 Å². The van der Waals surface area contributed by atoms with Crippen LogP contribution in [0.15, 0.2) is 12.7 Å². The Balaban J connectivity index is 0.00000206. The maximum Gasteiger partial charge on any atom is 0.315 e. The van der Waals surface area contributed by atoms with Gasteiger partial charge in [0.15, 0.2) is 0 Å². The molecule has 2 rings (SSSR count). The SMILES string of the molecule is C=CCN(C)C(=O)CNC(=O)N[C@H](C(=O)N1CCC[C@H]1C(=O)NC(CC1CCC1)C(=O)C(N)=O)C(C)(C)C.CC(C)C. The highest BCUT2D eigenvalue weighted by Gasteiger charge is 2.43. The summed E-state index contributed by atoms with van der Waals surface area (Å²) in [5.74, 6) is -2.18. The lowest BCUT2D eigenvalue weighted by Crippen LogP contribution is -2.60. The van der Waals surface area contributed by atoms with Crippen LogP contribution in [-0.4, -0.2) is 90.1 Å². The number of amides is 6. The summed E-state index contributed by atoms with van der Waals surface area (Å²) in [6.07, 6.45) is 5.72. The van der Waals surface area contributed by atoms with E-state index >= 15 is 0 Å². The number of nitrogens with zero attached hydrogens (tertiary/aromatic N) is 2. The lowest BCUT2D eigenvalue weighted by Gasteiger charge is -2.36. The smallest absolute Gasteiger partial charge is 0.315 e. The van der Waals surface area contributed by atoms with Crippen molar-refractivity contribution in [1.82, 2.24) is 25.8 Å². The summed E-state index contributed by atoms with van der Waals surface area (Å²) >= 11 is 0. The van der Waals surface area contributed by atoms with Gasteiger partial charge >= 0.3 is 6.03 Å². The summed E-state index contributed by atoms with van der Waals surface area (Å²) in [6, 6.07) is -3.56. The standard InChI is InChI=1S/C26H42N6O6.C4H10/c1-6-12-31(5)19(33)15-28-25(38)30-21(26(2,3)4)24(37)32-13-8-11-18(32)23(36)29-17(20(34)22(27)35)14-16-9-7-10-16;1-4(2)3/h6,16-18,21H,1,7-15H2,2-5H3,(H2,27,35)(H,29,36)(H2,28,30,38);4H,1-3H3/t17?,18-,21+;/m0./s1. The minimum atomic E-state index is -1.11. The van der Waals surface area contributed by atoms with E-state index in [1.165, 1.54) is 9.80 Å². The molecule has 1 heterocycles. The molecule has 0 aromatic rings. The number of primary amides is 1. The summed E-state index contributed by atoms with van der Waals surface area (Å²) in [5.41, 5.74) is 4.50. The minimum absolute atomic E-state index is 0.237. The third-order valence-electron chi connectivity index (χ3n) is 7.13. The van der Waals surface area contributed by atoms with Crippen LogP contribution in [0.3, 0.4) is 0 Å². The van der Waals surface area contributed by atoms with Crippen LogP contribution in [0.2, 0.25) is 0 Å². The third kappa shape index (κ3) is 11.8. The van der Waals surface area contributed by atoms with Crippen molar-refractivity contribution < 1.29 is 28.8 Å². The number of rotatable bonds is 12. The highest BCUT2D eigenvalue weighted by Crippen LogP contribution is 2.31. The Kier molecular flexibility index (Phi) is 14.7. The van der Waals surface area contributed by atoms with Crippen molar-refractivity contribution >= 4 is 35.4 Å². The van der Waals surface area contributed by atoms with Gasteiger partial charge in [-0.2, -0.15) is 0 Å². The molecule has 5 N–H and O–H groups in total. The summed E-state index contributed by atoms with van der Waals surface area (Å²) in [4.78, 5) is 78.3. The van der Waals surface area contributed by atoms with E-state index in [2.05, 4.69) is 43.3 Å². The first-order valence-corrected chi connectivity index (χ1v) is 14.8. The fraction of sp³-hybridized carbons (Fsp3) is 0.733. The Morgan fingerprint density at radius 1 is 1.02 bits per heavy atom. The number of urea groups is 1. The molecule has 0 bridgehead atoms. The highest BCUT2D eigenvalue weighted by atomic mass is 16.2. The maximum absolute atomic E-state index is 13.6. The van der Waals surface area contributed by atoms with Gasteiger partial charge in [-0.25, -0.2) is 4.79 Å². The summed E-state index contributed by atoms with van der Waals surface area (Å²) in [7, 11) is 1.58. The van der Waals surface area contributed by atoms with E-state index in [0.29, 0.717) is 32.4 Å². The number of hydrogen-bond donors (Lipinski definition) is 4. The second-order valence-electron chi connectivity index (χ2n) is 12.9. The van der Waals surface area contributed by atoms with Crippen LogP contribution in [0.1, 0.15) is 80.1 Å². The van der Waals surface area contributed by atoms with Crippen molar-refractivity contribution in [2.75, 3.05) is 26.7 Å². The molecule has 238 valence electrons. The largest absolute Gasteiger partial charge is 0.363 e. The van der Waals surface area contributed by atoms with Crippen molar-refractivity contribution in [3.05, 3.63) is 12.7 Å². The number of Topliss-reactive ketones (excluding diaryl/α,β-unsaturated/α-hetero) is 1. The maximum atomic E-state index is 13.6. The van der Waals surface area contributed by atoms with E-state index in [4.69, 9.17) is 5.73 Å². The Morgan fingerprint density at radius 3 is 2.10 bits per heavy atom. The minimum Gasteiger partial charge on any atom is -0.363 e. The molecule has 1 aliphatic heterocycles. The molecule has 3 atom stereocenters. The number of likely N-dealkylation sites (N-methyl/N-ethyl adjacent to an activating group) is 1.